The van der Waals surface area contributed by atoms with Gasteiger partial charge in [-0.2, -0.15) is 0 Å². The molecule has 20 heavy (non-hydrogen) atoms. The average Bonchev–Trinajstić information content (AvgIpc) is 2.72. The zero-order chi connectivity index (χ0) is 14.8. The Morgan fingerprint density at radius 2 is 2.00 bits per heavy atom. The van der Waals surface area contributed by atoms with Crippen molar-refractivity contribution in [2.45, 2.75) is 25.2 Å². The van der Waals surface area contributed by atoms with Crippen molar-refractivity contribution in [3.05, 3.63) is 35.4 Å². The van der Waals surface area contributed by atoms with E-state index in [0.29, 0.717) is 5.56 Å². The molecule has 2 rings (SSSR count). The molecule has 5 heteroatoms. The van der Waals surface area contributed by atoms with Crippen LogP contribution in [-0.4, -0.2) is 31.4 Å². The van der Waals surface area contributed by atoms with Crippen molar-refractivity contribution >= 4 is 17.7 Å². The lowest BCUT2D eigenvalue weighted by atomic mass is 9.78. The van der Waals surface area contributed by atoms with Gasteiger partial charge in [0.15, 0.2) is 11.2 Å². The van der Waals surface area contributed by atoms with Crippen molar-refractivity contribution in [2.75, 3.05) is 13.7 Å². The standard InChI is InChI=1S/C15H16O5/c1-3-20-13(17)9-15(14(18)19-2)11-7-5-4-6-10(11)8-12(15)16/h4-7H,3,8-9H2,1-2H3. The van der Waals surface area contributed by atoms with Crippen LogP contribution in [-0.2, 0) is 35.7 Å². The van der Waals surface area contributed by atoms with Gasteiger partial charge in [-0.25, -0.2) is 0 Å². The number of methoxy groups -OCH3 is 1. The summed E-state index contributed by atoms with van der Waals surface area (Å²) in [7, 11) is 1.21. The molecule has 0 saturated carbocycles. The van der Waals surface area contributed by atoms with Crippen molar-refractivity contribution in [3.63, 3.8) is 0 Å². The van der Waals surface area contributed by atoms with E-state index >= 15 is 0 Å². The summed E-state index contributed by atoms with van der Waals surface area (Å²) in [6.45, 7) is 1.87. The highest BCUT2D eigenvalue weighted by molar-refractivity contribution is 6.15. The molecule has 0 radical (unpaired) electrons. The lowest BCUT2D eigenvalue weighted by molar-refractivity contribution is -0.158. The highest BCUT2D eigenvalue weighted by atomic mass is 16.5. The van der Waals surface area contributed by atoms with Gasteiger partial charge in [-0.1, -0.05) is 24.3 Å². The van der Waals surface area contributed by atoms with Crippen molar-refractivity contribution in [1.82, 2.24) is 0 Å². The van der Waals surface area contributed by atoms with Gasteiger partial charge < -0.3 is 9.47 Å². The summed E-state index contributed by atoms with van der Waals surface area (Å²) in [5.41, 5.74) is -0.255. The number of benzene rings is 1. The molecule has 1 atom stereocenters. The van der Waals surface area contributed by atoms with Crippen LogP contribution in [0.4, 0.5) is 0 Å². The third-order valence-corrected chi connectivity index (χ3v) is 3.55. The molecule has 0 aromatic heterocycles. The van der Waals surface area contributed by atoms with Gasteiger partial charge in [-0.05, 0) is 18.1 Å². The van der Waals surface area contributed by atoms with E-state index in [-0.39, 0.29) is 25.2 Å². The molecular weight excluding hydrogens is 260 g/mol. The SMILES string of the molecule is CCOC(=O)CC1(C(=O)OC)C(=O)Cc2ccccc21. The first-order valence-corrected chi connectivity index (χ1v) is 6.42. The summed E-state index contributed by atoms with van der Waals surface area (Å²) in [4.78, 5) is 36.4. The Balaban J connectivity index is 2.50. The van der Waals surface area contributed by atoms with Gasteiger partial charge in [0.05, 0.1) is 20.1 Å². The maximum Gasteiger partial charge on any atom is 0.324 e. The second-order valence-electron chi connectivity index (χ2n) is 4.64. The number of esters is 2. The van der Waals surface area contributed by atoms with Crippen LogP contribution in [0.2, 0.25) is 0 Å². The minimum Gasteiger partial charge on any atom is -0.468 e. The Hall–Kier alpha value is -2.17. The van der Waals surface area contributed by atoms with E-state index in [1.807, 2.05) is 0 Å². The molecule has 5 nitrogen and oxygen atoms in total. The first kappa shape index (κ1) is 14.2. The van der Waals surface area contributed by atoms with E-state index < -0.39 is 17.4 Å². The Kier molecular flexibility index (Phi) is 3.88. The second-order valence-corrected chi connectivity index (χ2v) is 4.64. The molecular formula is C15H16O5. The molecule has 0 bridgehead atoms. The second kappa shape index (κ2) is 5.45. The topological polar surface area (TPSA) is 69.7 Å². The predicted octanol–water partition coefficient (Wildman–Crippen LogP) is 1.18. The highest BCUT2D eigenvalue weighted by Crippen LogP contribution is 2.40. The molecule has 0 spiro atoms. The van der Waals surface area contributed by atoms with Crippen LogP contribution in [0.25, 0.3) is 0 Å². The van der Waals surface area contributed by atoms with Crippen LogP contribution in [0.3, 0.4) is 0 Å². The van der Waals surface area contributed by atoms with Gasteiger partial charge in [0.2, 0.25) is 0 Å². The molecule has 0 fully saturated rings. The molecule has 106 valence electrons. The summed E-state index contributed by atoms with van der Waals surface area (Å²) < 4.78 is 9.66. The largest absolute Gasteiger partial charge is 0.468 e. The number of carbonyl (C=O) groups is 3. The van der Waals surface area contributed by atoms with E-state index in [1.54, 1.807) is 31.2 Å². The molecule has 1 aliphatic carbocycles. The minimum atomic E-state index is -1.56. The molecule has 1 aromatic rings. The van der Waals surface area contributed by atoms with Gasteiger partial charge in [0.1, 0.15) is 0 Å². The molecule has 1 aliphatic rings. The van der Waals surface area contributed by atoms with Crippen LogP contribution in [0.1, 0.15) is 24.5 Å². The summed E-state index contributed by atoms with van der Waals surface area (Å²) in [5, 5.41) is 0. The van der Waals surface area contributed by atoms with E-state index in [2.05, 4.69) is 0 Å². The number of ether oxygens (including phenoxy) is 2. The third kappa shape index (κ3) is 2.09. The number of hydrogen-bond acceptors (Lipinski definition) is 5. The molecule has 0 amide bonds. The van der Waals surface area contributed by atoms with Crippen molar-refractivity contribution in [2.24, 2.45) is 0 Å². The monoisotopic (exact) mass is 276 g/mol. The molecule has 0 N–H and O–H groups in total. The Labute approximate surface area is 116 Å². The zero-order valence-corrected chi connectivity index (χ0v) is 11.5. The number of Topliss-reactive ketones (excluding diaryl/α,β-unsaturated/α-hetero) is 1. The predicted molar refractivity (Wildman–Crippen MR) is 70.1 cm³/mol. The lowest BCUT2D eigenvalue weighted by Gasteiger charge is -2.24. The number of ketones is 1. The fourth-order valence-corrected chi connectivity index (χ4v) is 2.66. The van der Waals surface area contributed by atoms with Crippen molar-refractivity contribution in [3.8, 4) is 0 Å². The quantitative estimate of drug-likeness (QED) is 0.610. The maximum absolute atomic E-state index is 12.4. The lowest BCUT2D eigenvalue weighted by Crippen LogP contribution is -2.44. The summed E-state index contributed by atoms with van der Waals surface area (Å²) >= 11 is 0. The third-order valence-electron chi connectivity index (χ3n) is 3.55. The average molecular weight is 276 g/mol. The van der Waals surface area contributed by atoms with Gasteiger partial charge >= 0.3 is 11.9 Å². The summed E-state index contributed by atoms with van der Waals surface area (Å²) in [6, 6.07) is 7.00. The molecule has 1 aromatic carbocycles. The van der Waals surface area contributed by atoms with Crippen LogP contribution in [0.15, 0.2) is 24.3 Å². The molecule has 1 unspecified atom stereocenters. The fourth-order valence-electron chi connectivity index (χ4n) is 2.66. The number of carbonyl (C=O) groups excluding carboxylic acids is 3. The minimum absolute atomic E-state index is 0.130. The first-order chi connectivity index (χ1) is 9.56. The van der Waals surface area contributed by atoms with E-state index in [1.165, 1.54) is 7.11 Å². The van der Waals surface area contributed by atoms with E-state index in [9.17, 15) is 14.4 Å². The first-order valence-electron chi connectivity index (χ1n) is 6.42. The highest BCUT2D eigenvalue weighted by Gasteiger charge is 2.54. The molecule has 0 heterocycles. The van der Waals surface area contributed by atoms with Gasteiger partial charge in [0.25, 0.3) is 0 Å². The van der Waals surface area contributed by atoms with Gasteiger partial charge in [-0.15, -0.1) is 0 Å². The Morgan fingerprint density at radius 1 is 1.30 bits per heavy atom. The van der Waals surface area contributed by atoms with Crippen LogP contribution in [0, 0.1) is 0 Å². The fraction of sp³-hybridized carbons (Fsp3) is 0.400. The van der Waals surface area contributed by atoms with Crippen molar-refractivity contribution in [1.29, 1.82) is 0 Å². The van der Waals surface area contributed by atoms with Crippen LogP contribution < -0.4 is 0 Å². The maximum atomic E-state index is 12.4. The molecule has 0 saturated heterocycles. The summed E-state index contributed by atoms with van der Waals surface area (Å²) in [5.74, 6) is -1.61. The number of hydrogen-bond donors (Lipinski definition) is 0. The Morgan fingerprint density at radius 3 is 2.65 bits per heavy atom. The van der Waals surface area contributed by atoms with E-state index in [0.717, 1.165) is 5.56 Å². The normalized spacial score (nSPS) is 20.4. The van der Waals surface area contributed by atoms with Gasteiger partial charge in [-0.3, -0.25) is 14.4 Å². The Bertz CT molecular complexity index is 553. The zero-order valence-electron chi connectivity index (χ0n) is 11.5. The van der Waals surface area contributed by atoms with E-state index in [4.69, 9.17) is 9.47 Å². The van der Waals surface area contributed by atoms with Crippen molar-refractivity contribution < 1.29 is 23.9 Å². The number of rotatable bonds is 4. The smallest absolute Gasteiger partial charge is 0.324 e. The number of fused-ring (bicyclic) bond motifs is 1. The van der Waals surface area contributed by atoms with Crippen LogP contribution in [0.5, 0.6) is 0 Å². The summed E-state index contributed by atoms with van der Waals surface area (Å²) in [6.07, 6.45) is -0.186. The van der Waals surface area contributed by atoms with Crippen LogP contribution >= 0.6 is 0 Å². The van der Waals surface area contributed by atoms with Gasteiger partial charge in [0, 0.05) is 6.42 Å². The molecule has 0 aliphatic heterocycles.